The van der Waals surface area contributed by atoms with Crippen molar-refractivity contribution in [1.82, 2.24) is 14.3 Å². The SMILES string of the molecule is CCN(C)S(=O)(=O)NCCNCCOC.Cl. The summed E-state index contributed by atoms with van der Waals surface area (Å²) in [5.41, 5.74) is 0. The topological polar surface area (TPSA) is 70.7 Å². The van der Waals surface area contributed by atoms with Gasteiger partial charge < -0.3 is 10.1 Å². The summed E-state index contributed by atoms with van der Waals surface area (Å²) in [7, 11) is -0.123. The van der Waals surface area contributed by atoms with E-state index in [1.165, 1.54) is 4.31 Å². The van der Waals surface area contributed by atoms with Crippen molar-refractivity contribution in [2.24, 2.45) is 0 Å². The van der Waals surface area contributed by atoms with Crippen molar-refractivity contribution in [2.45, 2.75) is 6.92 Å². The standard InChI is InChI=1S/C8H21N3O3S.ClH/c1-4-11(2)15(12,13)10-6-5-9-7-8-14-3;/h9-10H,4-8H2,1-3H3;1H. The van der Waals surface area contributed by atoms with Crippen LogP contribution in [0.5, 0.6) is 0 Å². The van der Waals surface area contributed by atoms with Gasteiger partial charge in [0.2, 0.25) is 0 Å². The molecule has 2 N–H and O–H groups in total. The van der Waals surface area contributed by atoms with E-state index in [0.29, 0.717) is 26.2 Å². The Kier molecular flexibility index (Phi) is 11.8. The molecule has 0 aliphatic carbocycles. The molecular weight excluding hydrogens is 254 g/mol. The van der Waals surface area contributed by atoms with E-state index in [1.54, 1.807) is 21.1 Å². The summed E-state index contributed by atoms with van der Waals surface area (Å²) < 4.78 is 31.4. The van der Waals surface area contributed by atoms with Crippen LogP contribution in [0, 0.1) is 0 Å². The minimum absolute atomic E-state index is 0. The van der Waals surface area contributed by atoms with Crippen molar-refractivity contribution in [3.05, 3.63) is 0 Å². The Morgan fingerprint density at radius 3 is 2.38 bits per heavy atom. The Morgan fingerprint density at radius 1 is 1.25 bits per heavy atom. The molecule has 0 radical (unpaired) electrons. The molecule has 0 unspecified atom stereocenters. The summed E-state index contributed by atoms with van der Waals surface area (Å²) in [5.74, 6) is 0. The number of ether oxygens (including phenoxy) is 1. The molecule has 0 aromatic carbocycles. The van der Waals surface area contributed by atoms with Gasteiger partial charge in [0, 0.05) is 40.3 Å². The molecule has 16 heavy (non-hydrogen) atoms. The Balaban J connectivity index is 0. The third-order valence-corrected chi connectivity index (χ3v) is 3.57. The van der Waals surface area contributed by atoms with E-state index in [-0.39, 0.29) is 12.4 Å². The quantitative estimate of drug-likeness (QED) is 0.553. The van der Waals surface area contributed by atoms with Crippen molar-refractivity contribution in [1.29, 1.82) is 0 Å². The molecular formula is C8H22ClN3O3S. The van der Waals surface area contributed by atoms with Gasteiger partial charge in [-0.2, -0.15) is 12.7 Å². The lowest BCUT2D eigenvalue weighted by molar-refractivity contribution is 0.199. The van der Waals surface area contributed by atoms with Crippen LogP contribution in [-0.2, 0) is 14.9 Å². The molecule has 0 aromatic rings. The van der Waals surface area contributed by atoms with E-state index in [2.05, 4.69) is 10.0 Å². The fourth-order valence-electron chi connectivity index (χ4n) is 0.848. The van der Waals surface area contributed by atoms with E-state index in [4.69, 9.17) is 4.74 Å². The van der Waals surface area contributed by atoms with E-state index in [1.807, 2.05) is 0 Å². The number of nitrogens with zero attached hydrogens (tertiary/aromatic N) is 1. The summed E-state index contributed by atoms with van der Waals surface area (Å²) in [5, 5.41) is 3.05. The minimum atomic E-state index is -3.29. The van der Waals surface area contributed by atoms with Gasteiger partial charge in [-0.1, -0.05) is 6.92 Å². The van der Waals surface area contributed by atoms with Crippen LogP contribution in [-0.4, -0.2) is 59.7 Å². The monoisotopic (exact) mass is 275 g/mol. The molecule has 0 saturated heterocycles. The van der Waals surface area contributed by atoms with Gasteiger partial charge in [-0.15, -0.1) is 12.4 Å². The van der Waals surface area contributed by atoms with E-state index in [9.17, 15) is 8.42 Å². The molecule has 0 rings (SSSR count). The van der Waals surface area contributed by atoms with Crippen molar-refractivity contribution in [3.63, 3.8) is 0 Å². The maximum atomic E-state index is 11.4. The van der Waals surface area contributed by atoms with Gasteiger partial charge in [0.1, 0.15) is 0 Å². The zero-order valence-electron chi connectivity index (χ0n) is 10.0. The number of methoxy groups -OCH3 is 1. The third kappa shape index (κ3) is 8.26. The molecule has 0 amide bonds. The van der Waals surface area contributed by atoms with Crippen LogP contribution < -0.4 is 10.0 Å². The molecule has 8 heteroatoms. The number of hydrogen-bond acceptors (Lipinski definition) is 4. The van der Waals surface area contributed by atoms with Crippen LogP contribution in [0.15, 0.2) is 0 Å². The van der Waals surface area contributed by atoms with Crippen LogP contribution >= 0.6 is 12.4 Å². The maximum Gasteiger partial charge on any atom is 0.279 e. The van der Waals surface area contributed by atoms with E-state index in [0.717, 1.165) is 6.54 Å². The Morgan fingerprint density at radius 2 is 1.88 bits per heavy atom. The van der Waals surface area contributed by atoms with Gasteiger partial charge in [0.25, 0.3) is 10.2 Å². The minimum Gasteiger partial charge on any atom is -0.383 e. The molecule has 0 fully saturated rings. The molecule has 0 spiro atoms. The highest BCUT2D eigenvalue weighted by Gasteiger charge is 2.13. The van der Waals surface area contributed by atoms with Gasteiger partial charge in [-0.3, -0.25) is 0 Å². The fraction of sp³-hybridized carbons (Fsp3) is 1.00. The highest BCUT2D eigenvalue weighted by molar-refractivity contribution is 7.87. The van der Waals surface area contributed by atoms with Gasteiger partial charge in [0.15, 0.2) is 0 Å². The van der Waals surface area contributed by atoms with Crippen molar-refractivity contribution >= 4 is 22.6 Å². The second kappa shape index (κ2) is 10.2. The smallest absolute Gasteiger partial charge is 0.279 e. The number of hydrogen-bond donors (Lipinski definition) is 2. The van der Waals surface area contributed by atoms with Crippen LogP contribution in [0.2, 0.25) is 0 Å². The van der Waals surface area contributed by atoms with Crippen molar-refractivity contribution in [2.75, 3.05) is 46.9 Å². The van der Waals surface area contributed by atoms with Crippen LogP contribution in [0.25, 0.3) is 0 Å². The molecule has 0 aliphatic heterocycles. The molecule has 0 heterocycles. The predicted molar refractivity (Wildman–Crippen MR) is 67.2 cm³/mol. The molecule has 0 aromatic heterocycles. The lowest BCUT2D eigenvalue weighted by Crippen LogP contribution is -2.41. The number of rotatable bonds is 9. The summed E-state index contributed by atoms with van der Waals surface area (Å²) in [6.45, 7) is 4.59. The Bertz CT molecular complexity index is 249. The number of halogens is 1. The first-order chi connectivity index (χ1) is 7.04. The zero-order chi connectivity index (χ0) is 11.7. The first-order valence-electron chi connectivity index (χ1n) is 4.95. The predicted octanol–water partition coefficient (Wildman–Crippen LogP) is -0.570. The van der Waals surface area contributed by atoms with Gasteiger partial charge in [-0.05, 0) is 0 Å². The third-order valence-electron chi connectivity index (χ3n) is 1.92. The van der Waals surface area contributed by atoms with Crippen LogP contribution in [0.4, 0.5) is 0 Å². The summed E-state index contributed by atoms with van der Waals surface area (Å²) >= 11 is 0. The molecule has 0 saturated carbocycles. The van der Waals surface area contributed by atoms with Gasteiger partial charge in [-0.25, -0.2) is 4.72 Å². The first kappa shape index (κ1) is 18.4. The lowest BCUT2D eigenvalue weighted by atomic mass is 10.6. The highest BCUT2D eigenvalue weighted by Crippen LogP contribution is 1.90. The molecule has 6 nitrogen and oxygen atoms in total. The van der Waals surface area contributed by atoms with E-state index < -0.39 is 10.2 Å². The largest absolute Gasteiger partial charge is 0.383 e. The first-order valence-corrected chi connectivity index (χ1v) is 6.39. The summed E-state index contributed by atoms with van der Waals surface area (Å²) in [4.78, 5) is 0. The normalized spacial score (nSPS) is 11.5. The summed E-state index contributed by atoms with van der Waals surface area (Å²) in [6, 6.07) is 0. The van der Waals surface area contributed by atoms with Crippen molar-refractivity contribution < 1.29 is 13.2 Å². The van der Waals surface area contributed by atoms with Crippen LogP contribution in [0.1, 0.15) is 6.92 Å². The fourth-order valence-corrected chi connectivity index (χ4v) is 1.77. The molecule has 0 atom stereocenters. The summed E-state index contributed by atoms with van der Waals surface area (Å²) in [6.07, 6.45) is 0. The second-order valence-corrected chi connectivity index (χ2v) is 4.92. The van der Waals surface area contributed by atoms with Gasteiger partial charge >= 0.3 is 0 Å². The Labute approximate surface area is 104 Å². The maximum absolute atomic E-state index is 11.4. The van der Waals surface area contributed by atoms with Crippen LogP contribution in [0.3, 0.4) is 0 Å². The zero-order valence-corrected chi connectivity index (χ0v) is 11.7. The second-order valence-electron chi connectivity index (χ2n) is 3.06. The van der Waals surface area contributed by atoms with Crippen molar-refractivity contribution in [3.8, 4) is 0 Å². The van der Waals surface area contributed by atoms with Gasteiger partial charge in [0.05, 0.1) is 6.61 Å². The highest BCUT2D eigenvalue weighted by atomic mass is 35.5. The average molecular weight is 276 g/mol. The van der Waals surface area contributed by atoms with E-state index >= 15 is 0 Å². The molecule has 0 bridgehead atoms. The molecule has 0 aliphatic rings. The molecule has 100 valence electrons. The Hall–Kier alpha value is 0.0800. The number of nitrogens with one attached hydrogen (secondary N) is 2. The lowest BCUT2D eigenvalue weighted by Gasteiger charge is -2.15. The average Bonchev–Trinajstić information content (AvgIpc) is 2.22.